The normalized spacial score (nSPS) is 15.4. The largest absolute Gasteiger partial charge is 0.275 e. The van der Waals surface area contributed by atoms with Crippen LogP contribution in [0.1, 0.15) is 73.7 Å². The van der Waals surface area contributed by atoms with E-state index >= 15 is 4.39 Å². The van der Waals surface area contributed by atoms with Crippen LogP contribution in [0.4, 0.5) is 4.39 Å². The summed E-state index contributed by atoms with van der Waals surface area (Å²) in [4.78, 5) is 55.8. The Morgan fingerprint density at radius 3 is 1.79 bits per heavy atom. The second-order valence-electron chi connectivity index (χ2n) is 10.2. The number of benzene rings is 5. The summed E-state index contributed by atoms with van der Waals surface area (Å²) in [5.74, 6) is -2.17. The maximum atomic E-state index is 16.0. The maximum Gasteiger partial charge on any atom is 0.261 e. The number of hydrogen-bond donors (Lipinski definition) is 0. The van der Waals surface area contributed by atoms with Crippen LogP contribution in [-0.4, -0.2) is 46.5 Å². The number of hydrogen-bond acceptors (Lipinski definition) is 4. The number of amides is 4. The van der Waals surface area contributed by atoms with Crippen LogP contribution in [0, 0.1) is 12.7 Å². The number of halogens is 1. The molecule has 0 aliphatic carbocycles. The summed E-state index contributed by atoms with van der Waals surface area (Å²) in [5, 5.41) is 4.49. The molecule has 6 nitrogen and oxygen atoms in total. The minimum absolute atomic E-state index is 0.170. The molecule has 0 fully saturated rings. The second-order valence-corrected chi connectivity index (χ2v) is 10.2. The molecule has 4 amide bonds. The van der Waals surface area contributed by atoms with E-state index in [9.17, 15) is 19.2 Å². The Bertz CT molecular complexity index is 1960. The molecule has 0 bridgehead atoms. The molecule has 0 N–H and O–H groups in total. The quantitative estimate of drug-likeness (QED) is 0.165. The lowest BCUT2D eigenvalue weighted by Crippen LogP contribution is -2.41. The summed E-state index contributed by atoms with van der Waals surface area (Å²) in [6, 6.07) is 9.93. The Labute approximate surface area is 216 Å². The van der Waals surface area contributed by atoms with Gasteiger partial charge in [0.25, 0.3) is 23.6 Å². The second kappa shape index (κ2) is 7.57. The Kier molecular flexibility index (Phi) is 4.54. The van der Waals surface area contributed by atoms with Crippen molar-refractivity contribution in [1.29, 1.82) is 0 Å². The van der Waals surface area contributed by atoms with Gasteiger partial charge in [0.15, 0.2) is 0 Å². The molecule has 5 aromatic rings. The van der Waals surface area contributed by atoms with Gasteiger partial charge < -0.3 is 0 Å². The number of rotatable bonds is 4. The van der Waals surface area contributed by atoms with Crippen LogP contribution in [0.25, 0.3) is 43.1 Å². The summed E-state index contributed by atoms with van der Waals surface area (Å²) in [6.07, 6.45) is 1.56. The molecular weight excluding hydrogens is 483 g/mol. The Morgan fingerprint density at radius 2 is 1.16 bits per heavy atom. The van der Waals surface area contributed by atoms with Crippen molar-refractivity contribution in [3.8, 4) is 0 Å². The van der Waals surface area contributed by atoms with Crippen LogP contribution in [0.15, 0.2) is 36.4 Å². The minimum Gasteiger partial charge on any atom is -0.275 e. The van der Waals surface area contributed by atoms with Crippen molar-refractivity contribution in [3.05, 3.63) is 70.0 Å². The van der Waals surface area contributed by atoms with E-state index in [2.05, 4.69) is 0 Å². The van der Waals surface area contributed by atoms with Gasteiger partial charge in [0.1, 0.15) is 5.82 Å². The van der Waals surface area contributed by atoms with Gasteiger partial charge in [-0.2, -0.15) is 0 Å². The van der Waals surface area contributed by atoms with Crippen LogP contribution in [-0.2, 0) is 0 Å². The van der Waals surface area contributed by atoms with E-state index in [1.54, 1.807) is 31.2 Å². The number of nitrogens with zero attached hydrogens (tertiary/aromatic N) is 2. The van der Waals surface area contributed by atoms with E-state index in [0.717, 1.165) is 22.3 Å². The first-order valence-electron chi connectivity index (χ1n) is 12.9. The first-order chi connectivity index (χ1) is 18.3. The fourth-order valence-corrected chi connectivity index (χ4v) is 6.53. The van der Waals surface area contributed by atoms with Crippen molar-refractivity contribution >= 4 is 66.7 Å². The third kappa shape index (κ3) is 2.56. The van der Waals surface area contributed by atoms with Crippen LogP contribution in [0.5, 0.6) is 0 Å². The average Bonchev–Trinajstić information content (AvgIpc) is 2.90. The van der Waals surface area contributed by atoms with Crippen LogP contribution in [0.2, 0.25) is 0 Å². The number of aryl methyl sites for hydroxylation is 1. The van der Waals surface area contributed by atoms with Crippen molar-refractivity contribution in [3.63, 3.8) is 0 Å². The monoisotopic (exact) mass is 506 g/mol. The van der Waals surface area contributed by atoms with Gasteiger partial charge >= 0.3 is 0 Å². The molecule has 0 atom stereocenters. The summed E-state index contributed by atoms with van der Waals surface area (Å²) in [7, 11) is 0. The van der Waals surface area contributed by atoms with E-state index in [1.807, 2.05) is 19.9 Å². The van der Waals surface area contributed by atoms with Crippen LogP contribution < -0.4 is 0 Å². The van der Waals surface area contributed by atoms with Gasteiger partial charge in [0.2, 0.25) is 0 Å². The van der Waals surface area contributed by atoms with Crippen molar-refractivity contribution in [2.75, 3.05) is 13.1 Å². The lowest BCUT2D eigenvalue weighted by Gasteiger charge is -2.30. The summed E-state index contributed by atoms with van der Waals surface area (Å²) >= 11 is 0. The number of imide groups is 2. The van der Waals surface area contributed by atoms with Gasteiger partial charge in [-0.05, 0) is 71.6 Å². The van der Waals surface area contributed by atoms with E-state index < -0.39 is 17.6 Å². The highest BCUT2D eigenvalue weighted by molar-refractivity contribution is 6.41. The molecular formula is C31H23FN2O4. The fraction of sp³-hybridized carbons (Fsp3) is 0.226. The smallest absolute Gasteiger partial charge is 0.261 e. The molecule has 7 heteroatoms. The van der Waals surface area contributed by atoms with Gasteiger partial charge in [-0.25, -0.2) is 4.39 Å². The Morgan fingerprint density at radius 1 is 0.632 bits per heavy atom. The standard InChI is InChI=1S/C31H23FN2O4/c1-4-6-11-34-29(36)18-10-8-16-25-21(32)13-20-24-17(28(35)33(5-2)30(20)37)9-7-15(27(24)25)22-14(3)12-19(31(34)38)23(18)26(16)22/h7-10,12-13H,4-6,11H2,1-3H3. The lowest BCUT2D eigenvalue weighted by atomic mass is 9.80. The molecule has 5 aromatic carbocycles. The van der Waals surface area contributed by atoms with E-state index in [1.165, 1.54) is 11.0 Å². The van der Waals surface area contributed by atoms with Crippen molar-refractivity contribution < 1.29 is 23.6 Å². The molecule has 2 aliphatic rings. The zero-order valence-electron chi connectivity index (χ0n) is 21.2. The topological polar surface area (TPSA) is 74.8 Å². The highest BCUT2D eigenvalue weighted by atomic mass is 19.1. The van der Waals surface area contributed by atoms with E-state index in [0.29, 0.717) is 62.0 Å². The molecule has 0 aromatic heterocycles. The predicted octanol–water partition coefficient (Wildman–Crippen LogP) is 6.20. The fourth-order valence-electron chi connectivity index (χ4n) is 6.53. The van der Waals surface area contributed by atoms with Crippen LogP contribution >= 0.6 is 0 Å². The molecule has 2 aliphatic heterocycles. The first kappa shape index (κ1) is 22.8. The third-order valence-corrected chi connectivity index (χ3v) is 8.21. The molecule has 38 heavy (non-hydrogen) atoms. The van der Waals surface area contributed by atoms with E-state index in [-0.39, 0.29) is 29.3 Å². The number of carbonyl (C=O) groups is 4. The summed E-state index contributed by atoms with van der Waals surface area (Å²) < 4.78 is 16.0. The Hall–Kier alpha value is -4.39. The predicted molar refractivity (Wildman–Crippen MR) is 144 cm³/mol. The third-order valence-electron chi connectivity index (χ3n) is 8.21. The molecule has 7 rings (SSSR count). The van der Waals surface area contributed by atoms with Gasteiger partial charge in [-0.1, -0.05) is 25.5 Å². The molecule has 0 unspecified atom stereocenters. The van der Waals surface area contributed by atoms with Gasteiger partial charge in [-0.15, -0.1) is 0 Å². The molecule has 2 heterocycles. The molecule has 0 saturated heterocycles. The lowest BCUT2D eigenvalue weighted by molar-refractivity contribution is 0.0597. The summed E-state index contributed by atoms with van der Waals surface area (Å²) in [6.45, 7) is 6.15. The molecule has 0 spiro atoms. The van der Waals surface area contributed by atoms with Crippen molar-refractivity contribution in [2.45, 2.75) is 33.6 Å². The van der Waals surface area contributed by atoms with Gasteiger partial charge in [0, 0.05) is 51.3 Å². The van der Waals surface area contributed by atoms with Crippen molar-refractivity contribution in [2.24, 2.45) is 0 Å². The first-order valence-corrected chi connectivity index (χ1v) is 12.9. The number of unbranched alkanes of at least 4 members (excludes halogenated alkanes) is 1. The van der Waals surface area contributed by atoms with Gasteiger partial charge in [-0.3, -0.25) is 29.0 Å². The highest BCUT2D eigenvalue weighted by Crippen LogP contribution is 2.48. The minimum atomic E-state index is -0.577. The van der Waals surface area contributed by atoms with Crippen LogP contribution in [0.3, 0.4) is 0 Å². The molecule has 0 radical (unpaired) electrons. The van der Waals surface area contributed by atoms with Gasteiger partial charge in [0.05, 0.1) is 5.56 Å². The molecule has 188 valence electrons. The molecule has 0 saturated carbocycles. The summed E-state index contributed by atoms with van der Waals surface area (Å²) in [5.41, 5.74) is 2.20. The highest BCUT2D eigenvalue weighted by Gasteiger charge is 2.37. The number of carbonyl (C=O) groups excluding carboxylic acids is 4. The zero-order valence-corrected chi connectivity index (χ0v) is 21.2. The maximum absolute atomic E-state index is 16.0. The Balaban J connectivity index is 1.68. The SMILES string of the molecule is CCCCN1C(=O)c2ccc3c4c(F)cc5c6c(ccc(c7c(C)cc(c2c37)C1=O)c64)C(=O)N(CC)C5=O. The average molecular weight is 507 g/mol. The zero-order chi connectivity index (χ0) is 26.6. The number of fused-ring (bicyclic) bond motifs is 2. The van der Waals surface area contributed by atoms with Crippen molar-refractivity contribution in [1.82, 2.24) is 9.80 Å². The van der Waals surface area contributed by atoms with E-state index in [4.69, 9.17) is 0 Å².